The Morgan fingerprint density at radius 1 is 1.15 bits per heavy atom. The zero-order valence-corrected chi connectivity index (χ0v) is 11.4. The second-order valence-corrected chi connectivity index (χ2v) is 3.97. The normalized spacial score (nSPS) is 10.7. The number of carboxylic acids is 1. The monoisotopic (exact) mass is 285 g/mol. The minimum Gasteiger partial charge on any atom is -0.478 e. The molecule has 0 amide bonds. The molecule has 7 nitrogen and oxygen atoms in total. The van der Waals surface area contributed by atoms with Gasteiger partial charge in [0.25, 0.3) is 5.56 Å². The molecule has 1 aromatic rings. The molecule has 0 saturated carbocycles. The summed E-state index contributed by atoms with van der Waals surface area (Å²) in [5.41, 5.74) is -0.178. The van der Waals surface area contributed by atoms with Crippen LogP contribution in [-0.4, -0.2) is 55.8 Å². The molecule has 1 aromatic heterocycles. The van der Waals surface area contributed by atoms with Crippen molar-refractivity contribution in [2.24, 2.45) is 0 Å². The third-order valence-electron chi connectivity index (χ3n) is 2.51. The number of nitrogens with zero attached hydrogens (tertiary/aromatic N) is 1. The topological polar surface area (TPSA) is 87.0 Å². The zero-order valence-electron chi connectivity index (χ0n) is 11.4. The fourth-order valence-corrected chi connectivity index (χ4v) is 1.46. The summed E-state index contributed by atoms with van der Waals surface area (Å²) in [6.45, 7) is 2.54. The summed E-state index contributed by atoms with van der Waals surface area (Å²) in [6, 6.07) is 2.52. The smallest absolute Gasteiger partial charge is 0.337 e. The van der Waals surface area contributed by atoms with Gasteiger partial charge in [-0.15, -0.1) is 0 Å². The van der Waals surface area contributed by atoms with Gasteiger partial charge in [-0.05, 0) is 6.07 Å². The summed E-state index contributed by atoms with van der Waals surface area (Å²) in [5, 5.41) is 8.84. The maximum atomic E-state index is 11.5. The number of rotatable bonds is 10. The Kier molecular flexibility index (Phi) is 7.56. The molecule has 1 N–H and O–H groups in total. The van der Waals surface area contributed by atoms with Gasteiger partial charge < -0.3 is 23.9 Å². The van der Waals surface area contributed by atoms with Crippen molar-refractivity contribution >= 4 is 5.97 Å². The summed E-state index contributed by atoms with van der Waals surface area (Å²) < 4.78 is 16.6. The molecule has 0 aliphatic heterocycles. The summed E-state index contributed by atoms with van der Waals surface area (Å²) in [6.07, 6.45) is 1.31. The Bertz CT molecular complexity index is 470. The van der Waals surface area contributed by atoms with E-state index in [4.69, 9.17) is 19.3 Å². The van der Waals surface area contributed by atoms with E-state index in [0.29, 0.717) is 39.6 Å². The number of pyridine rings is 1. The van der Waals surface area contributed by atoms with E-state index < -0.39 is 5.97 Å². The van der Waals surface area contributed by atoms with Crippen molar-refractivity contribution in [3.05, 3.63) is 34.2 Å². The molecule has 0 aromatic carbocycles. The molecule has 0 radical (unpaired) electrons. The maximum Gasteiger partial charge on any atom is 0.337 e. The van der Waals surface area contributed by atoms with Gasteiger partial charge in [0.15, 0.2) is 0 Å². The van der Waals surface area contributed by atoms with Crippen molar-refractivity contribution < 1.29 is 24.1 Å². The fraction of sp³-hybridized carbons (Fsp3) is 0.538. The predicted octanol–water partition coefficient (Wildman–Crippen LogP) is 0.226. The van der Waals surface area contributed by atoms with Gasteiger partial charge in [0.1, 0.15) is 0 Å². The van der Waals surface area contributed by atoms with Crippen LogP contribution in [0, 0.1) is 0 Å². The lowest BCUT2D eigenvalue weighted by Crippen LogP contribution is -2.23. The lowest BCUT2D eigenvalue weighted by Gasteiger charge is -2.08. The van der Waals surface area contributed by atoms with Crippen LogP contribution in [0.25, 0.3) is 0 Å². The largest absolute Gasteiger partial charge is 0.478 e. The van der Waals surface area contributed by atoms with Gasteiger partial charge >= 0.3 is 5.97 Å². The van der Waals surface area contributed by atoms with Crippen molar-refractivity contribution in [3.8, 4) is 0 Å². The highest BCUT2D eigenvalue weighted by Crippen LogP contribution is 1.95. The van der Waals surface area contributed by atoms with Gasteiger partial charge in [-0.25, -0.2) is 4.79 Å². The fourth-order valence-electron chi connectivity index (χ4n) is 1.46. The maximum absolute atomic E-state index is 11.5. The second-order valence-electron chi connectivity index (χ2n) is 3.97. The minimum atomic E-state index is -1.06. The molecule has 0 spiro atoms. The highest BCUT2D eigenvalue weighted by atomic mass is 16.5. The minimum absolute atomic E-state index is 0.0764. The molecule has 0 fully saturated rings. The van der Waals surface area contributed by atoms with Crippen molar-refractivity contribution in [3.63, 3.8) is 0 Å². The number of methoxy groups -OCH3 is 1. The van der Waals surface area contributed by atoms with Crippen LogP contribution in [-0.2, 0) is 20.8 Å². The Labute approximate surface area is 116 Å². The van der Waals surface area contributed by atoms with Crippen LogP contribution in [0.1, 0.15) is 10.4 Å². The first-order chi connectivity index (χ1) is 9.65. The lowest BCUT2D eigenvalue weighted by atomic mass is 10.3. The van der Waals surface area contributed by atoms with E-state index in [9.17, 15) is 9.59 Å². The van der Waals surface area contributed by atoms with Crippen molar-refractivity contribution in [2.45, 2.75) is 6.54 Å². The van der Waals surface area contributed by atoms with Crippen LogP contribution >= 0.6 is 0 Å². The van der Waals surface area contributed by atoms with E-state index in [2.05, 4.69) is 0 Å². The third kappa shape index (κ3) is 5.96. The first-order valence-electron chi connectivity index (χ1n) is 6.23. The molecule has 7 heteroatoms. The summed E-state index contributed by atoms with van der Waals surface area (Å²) >= 11 is 0. The molecule has 0 atom stereocenters. The van der Waals surface area contributed by atoms with E-state index in [0.717, 1.165) is 0 Å². The first-order valence-corrected chi connectivity index (χ1v) is 6.23. The number of aromatic carboxylic acids is 1. The number of carbonyl (C=O) groups is 1. The number of hydrogen-bond donors (Lipinski definition) is 1. The second kappa shape index (κ2) is 9.24. The van der Waals surface area contributed by atoms with Crippen LogP contribution in [0.4, 0.5) is 0 Å². The van der Waals surface area contributed by atoms with E-state index >= 15 is 0 Å². The number of aromatic nitrogens is 1. The van der Waals surface area contributed by atoms with Crippen LogP contribution in [0.5, 0.6) is 0 Å². The molecule has 0 aliphatic carbocycles. The molecule has 112 valence electrons. The molecule has 0 bridgehead atoms. The highest BCUT2D eigenvalue weighted by molar-refractivity contribution is 5.87. The van der Waals surface area contributed by atoms with E-state index in [-0.39, 0.29) is 11.1 Å². The molecular weight excluding hydrogens is 266 g/mol. The standard InChI is InChI=1S/C13H19NO6/c1-18-6-7-20-9-8-19-5-4-14-10-11(13(16)17)2-3-12(14)15/h2-3,10H,4-9H2,1H3,(H,16,17). The Hall–Kier alpha value is -1.70. The van der Waals surface area contributed by atoms with E-state index in [1.165, 1.54) is 22.9 Å². The Morgan fingerprint density at radius 2 is 1.80 bits per heavy atom. The Morgan fingerprint density at radius 3 is 2.45 bits per heavy atom. The number of carboxylic acid groups (broad SMARTS) is 1. The van der Waals surface area contributed by atoms with Crippen LogP contribution in [0.3, 0.4) is 0 Å². The molecule has 0 aliphatic rings. The molecule has 0 unspecified atom stereocenters. The van der Waals surface area contributed by atoms with Crippen molar-refractivity contribution in [2.75, 3.05) is 40.1 Å². The van der Waals surface area contributed by atoms with Crippen LogP contribution in [0.2, 0.25) is 0 Å². The Balaban J connectivity index is 2.26. The first kappa shape index (κ1) is 16.4. The van der Waals surface area contributed by atoms with Gasteiger partial charge in [0.05, 0.1) is 38.6 Å². The van der Waals surface area contributed by atoms with Crippen LogP contribution < -0.4 is 5.56 Å². The van der Waals surface area contributed by atoms with Gasteiger partial charge in [-0.1, -0.05) is 0 Å². The van der Waals surface area contributed by atoms with E-state index in [1.54, 1.807) is 7.11 Å². The average molecular weight is 285 g/mol. The summed E-state index contributed by atoms with van der Waals surface area (Å²) in [7, 11) is 1.60. The van der Waals surface area contributed by atoms with Crippen molar-refractivity contribution in [1.29, 1.82) is 0 Å². The van der Waals surface area contributed by atoms with Gasteiger partial charge in [-0.2, -0.15) is 0 Å². The predicted molar refractivity (Wildman–Crippen MR) is 71.2 cm³/mol. The summed E-state index contributed by atoms with van der Waals surface area (Å²) in [4.78, 5) is 22.3. The number of ether oxygens (including phenoxy) is 3. The van der Waals surface area contributed by atoms with Crippen LogP contribution in [0.15, 0.2) is 23.1 Å². The zero-order chi connectivity index (χ0) is 14.8. The highest BCUT2D eigenvalue weighted by Gasteiger charge is 2.04. The average Bonchev–Trinajstić information content (AvgIpc) is 2.43. The lowest BCUT2D eigenvalue weighted by molar-refractivity contribution is 0.0229. The quantitative estimate of drug-likeness (QED) is 0.619. The third-order valence-corrected chi connectivity index (χ3v) is 2.51. The van der Waals surface area contributed by atoms with Gasteiger partial charge in [0.2, 0.25) is 0 Å². The van der Waals surface area contributed by atoms with Crippen molar-refractivity contribution in [1.82, 2.24) is 4.57 Å². The molecule has 0 saturated heterocycles. The number of hydrogen-bond acceptors (Lipinski definition) is 5. The van der Waals surface area contributed by atoms with Gasteiger partial charge in [-0.3, -0.25) is 4.79 Å². The molecular formula is C13H19NO6. The molecule has 1 heterocycles. The van der Waals surface area contributed by atoms with E-state index in [1.807, 2.05) is 0 Å². The molecule has 1 rings (SSSR count). The van der Waals surface area contributed by atoms with Gasteiger partial charge in [0, 0.05) is 25.9 Å². The summed E-state index contributed by atoms with van der Waals surface area (Å²) in [5.74, 6) is -1.06. The SMILES string of the molecule is COCCOCCOCCn1cc(C(=O)O)ccc1=O. The molecule has 20 heavy (non-hydrogen) atoms.